The van der Waals surface area contributed by atoms with E-state index >= 15 is 8.78 Å². The molecule has 0 spiro atoms. The van der Waals surface area contributed by atoms with E-state index in [0.29, 0.717) is 12.1 Å². The molecule has 3 rings (SSSR count). The van der Waals surface area contributed by atoms with Crippen molar-refractivity contribution in [1.29, 1.82) is 0 Å². The van der Waals surface area contributed by atoms with Gasteiger partial charge in [0.1, 0.15) is 11.6 Å². The lowest BCUT2D eigenvalue weighted by Gasteiger charge is -2.44. The Morgan fingerprint density at radius 3 is 2.11 bits per heavy atom. The van der Waals surface area contributed by atoms with Crippen molar-refractivity contribution in [3.63, 3.8) is 0 Å². The lowest BCUT2D eigenvalue weighted by Crippen LogP contribution is -2.62. The van der Waals surface area contributed by atoms with Crippen LogP contribution in [-0.4, -0.2) is 60.9 Å². The van der Waals surface area contributed by atoms with Crippen LogP contribution in [0.15, 0.2) is 36.4 Å². The molecule has 1 fully saturated rings. The summed E-state index contributed by atoms with van der Waals surface area (Å²) in [6, 6.07) is 4.19. The lowest BCUT2D eigenvalue weighted by molar-refractivity contribution is -0.166. The predicted molar refractivity (Wildman–Crippen MR) is 122 cm³/mol. The molecule has 2 amide bonds. The molecule has 2 atom stereocenters. The highest BCUT2D eigenvalue weighted by Gasteiger charge is 2.50. The molecule has 12 heteroatoms. The lowest BCUT2D eigenvalue weighted by atomic mass is 10.0. The Hall–Kier alpha value is -2.99. The van der Waals surface area contributed by atoms with Gasteiger partial charge in [-0.15, -0.1) is 0 Å². The highest BCUT2D eigenvalue weighted by molar-refractivity contribution is 7.88. The van der Waals surface area contributed by atoms with E-state index in [9.17, 15) is 26.8 Å². The quantitative estimate of drug-likeness (QED) is 0.618. The number of nitrogens with one attached hydrogen (secondary N) is 1. The first kappa shape index (κ1) is 26.6. The van der Waals surface area contributed by atoms with Crippen LogP contribution in [0, 0.1) is 18.6 Å². The van der Waals surface area contributed by atoms with Gasteiger partial charge in [0.05, 0.1) is 11.8 Å². The fourth-order valence-electron chi connectivity index (χ4n) is 4.06. The maximum Gasteiger partial charge on any atom is 0.352 e. The van der Waals surface area contributed by atoms with Crippen LogP contribution in [-0.2, 0) is 20.7 Å². The van der Waals surface area contributed by atoms with Gasteiger partial charge in [-0.25, -0.2) is 17.2 Å². The molecule has 2 aromatic carbocycles. The second kappa shape index (κ2) is 9.57. The molecule has 1 aliphatic rings. The van der Waals surface area contributed by atoms with Gasteiger partial charge in [0.2, 0.25) is 10.0 Å². The monoisotopic (exact) mass is 515 g/mol. The Labute approximate surface area is 200 Å². The molecule has 0 radical (unpaired) electrons. The number of alkyl halides is 2. The molecule has 0 saturated carbocycles. The van der Waals surface area contributed by atoms with Crippen molar-refractivity contribution in [1.82, 2.24) is 9.21 Å². The number of anilines is 1. The maximum absolute atomic E-state index is 15.3. The number of halogens is 4. The van der Waals surface area contributed by atoms with Crippen LogP contribution in [0.4, 0.5) is 23.2 Å². The van der Waals surface area contributed by atoms with Crippen LogP contribution in [0.2, 0.25) is 0 Å². The van der Waals surface area contributed by atoms with E-state index in [1.165, 1.54) is 32.9 Å². The van der Waals surface area contributed by atoms with E-state index in [-0.39, 0.29) is 29.9 Å². The zero-order chi connectivity index (χ0) is 26.3. The highest BCUT2D eigenvalue weighted by Crippen LogP contribution is 2.35. The summed E-state index contributed by atoms with van der Waals surface area (Å²) in [5.74, 6) is -8.76. The molecule has 0 unspecified atom stereocenters. The summed E-state index contributed by atoms with van der Waals surface area (Å²) in [5, 5.41) is 2.42. The Balaban J connectivity index is 1.88. The van der Waals surface area contributed by atoms with E-state index in [4.69, 9.17) is 0 Å². The van der Waals surface area contributed by atoms with Crippen molar-refractivity contribution in [2.75, 3.05) is 24.7 Å². The van der Waals surface area contributed by atoms with Crippen LogP contribution < -0.4 is 5.32 Å². The van der Waals surface area contributed by atoms with Gasteiger partial charge in [0.15, 0.2) is 0 Å². The van der Waals surface area contributed by atoms with E-state index in [1.807, 2.05) is 0 Å². The predicted octanol–water partition coefficient (Wildman–Crippen LogP) is 3.50. The number of carbonyl (C=O) groups is 2. The van der Waals surface area contributed by atoms with Crippen LogP contribution in [0.25, 0.3) is 0 Å². The van der Waals surface area contributed by atoms with Crippen molar-refractivity contribution in [3.05, 3.63) is 64.7 Å². The van der Waals surface area contributed by atoms with Gasteiger partial charge >= 0.3 is 5.92 Å². The molecule has 0 bridgehead atoms. The smallest absolute Gasteiger partial charge is 0.329 e. The number of rotatable bonds is 5. The summed E-state index contributed by atoms with van der Waals surface area (Å²) < 4.78 is 83.3. The number of piperazine rings is 1. The van der Waals surface area contributed by atoms with E-state index in [2.05, 4.69) is 5.32 Å². The van der Waals surface area contributed by atoms with Crippen molar-refractivity contribution in [2.24, 2.45) is 0 Å². The number of nitrogens with zero attached hydrogens (tertiary/aromatic N) is 2. The Kier molecular flexibility index (Phi) is 7.28. The molecule has 1 saturated heterocycles. The number of sulfonamides is 1. The molecule has 7 nitrogen and oxygen atoms in total. The first-order valence-electron chi connectivity index (χ1n) is 10.7. The fourth-order valence-corrected chi connectivity index (χ4v) is 5.03. The third kappa shape index (κ3) is 5.48. The fraction of sp³-hybridized carbons (Fsp3) is 0.391. The van der Waals surface area contributed by atoms with Gasteiger partial charge in [-0.1, -0.05) is 0 Å². The zero-order valence-corrected chi connectivity index (χ0v) is 20.3. The van der Waals surface area contributed by atoms with Gasteiger partial charge in [0, 0.05) is 36.4 Å². The summed E-state index contributed by atoms with van der Waals surface area (Å²) >= 11 is 0. The van der Waals surface area contributed by atoms with Crippen molar-refractivity contribution >= 4 is 27.5 Å². The molecule has 1 aliphatic heterocycles. The summed E-state index contributed by atoms with van der Waals surface area (Å²) in [5.41, 5.74) is -1.16. The Bertz CT molecular complexity index is 1260. The number of hydrogen-bond acceptors (Lipinski definition) is 4. The van der Waals surface area contributed by atoms with Crippen molar-refractivity contribution in [3.8, 4) is 0 Å². The summed E-state index contributed by atoms with van der Waals surface area (Å²) in [6.45, 7) is 3.95. The summed E-state index contributed by atoms with van der Waals surface area (Å²) in [7, 11) is -3.60. The number of amides is 2. The van der Waals surface area contributed by atoms with Gasteiger partial charge in [-0.2, -0.15) is 13.1 Å². The zero-order valence-electron chi connectivity index (χ0n) is 19.5. The molecular weight excluding hydrogens is 490 g/mol. The number of benzene rings is 2. The van der Waals surface area contributed by atoms with Crippen LogP contribution in [0.3, 0.4) is 0 Å². The van der Waals surface area contributed by atoms with Gasteiger partial charge in [-0.05, 0) is 62.7 Å². The largest absolute Gasteiger partial charge is 0.352 e. The third-order valence-electron chi connectivity index (χ3n) is 5.84. The maximum atomic E-state index is 15.3. The van der Waals surface area contributed by atoms with Crippen LogP contribution >= 0.6 is 0 Å². The minimum atomic E-state index is -4.33. The second-order valence-electron chi connectivity index (χ2n) is 8.68. The first-order chi connectivity index (χ1) is 16.1. The molecule has 2 aromatic rings. The molecule has 1 N–H and O–H groups in total. The van der Waals surface area contributed by atoms with E-state index < -0.39 is 57.0 Å². The molecule has 35 heavy (non-hydrogen) atoms. The Morgan fingerprint density at radius 1 is 1.00 bits per heavy atom. The Morgan fingerprint density at radius 2 is 1.57 bits per heavy atom. The number of aryl methyl sites for hydroxylation is 1. The second-order valence-corrected chi connectivity index (χ2v) is 10.7. The SMILES string of the molecule is Cc1cc(NC(=O)c2ccc(F)c(C(F)(F)C(=O)N3[C@H](C)CN(S(C)(=O)=O)C[C@@H]3C)c2)ccc1F. The molecule has 0 aromatic heterocycles. The number of carbonyl (C=O) groups excluding carboxylic acids is 2. The van der Waals surface area contributed by atoms with Gasteiger partial charge < -0.3 is 10.2 Å². The van der Waals surface area contributed by atoms with Crippen molar-refractivity contribution < 1.29 is 35.6 Å². The highest BCUT2D eigenvalue weighted by atomic mass is 32.2. The molecule has 190 valence electrons. The number of hydrogen-bond donors (Lipinski definition) is 1. The summed E-state index contributed by atoms with van der Waals surface area (Å²) in [6.07, 6.45) is 0.984. The van der Waals surface area contributed by atoms with E-state index in [0.717, 1.165) is 27.6 Å². The van der Waals surface area contributed by atoms with Crippen LogP contribution in [0.1, 0.15) is 35.3 Å². The average molecular weight is 516 g/mol. The van der Waals surface area contributed by atoms with Gasteiger partial charge in [-0.3, -0.25) is 9.59 Å². The molecule has 0 aliphatic carbocycles. The normalized spacial score (nSPS) is 19.5. The third-order valence-corrected chi connectivity index (χ3v) is 7.08. The summed E-state index contributed by atoms with van der Waals surface area (Å²) in [4.78, 5) is 26.3. The van der Waals surface area contributed by atoms with Crippen LogP contribution in [0.5, 0.6) is 0 Å². The molecular formula is C23H25F4N3O4S. The minimum absolute atomic E-state index is 0.187. The van der Waals surface area contributed by atoms with Crippen molar-refractivity contribution in [2.45, 2.75) is 38.8 Å². The topological polar surface area (TPSA) is 86.8 Å². The van der Waals surface area contributed by atoms with E-state index in [1.54, 1.807) is 0 Å². The van der Waals surface area contributed by atoms with Gasteiger partial charge in [0.25, 0.3) is 11.8 Å². The minimum Gasteiger partial charge on any atom is -0.329 e. The standard InChI is InChI=1S/C23H25F4N3O4S/c1-13-9-17(6-8-19(13)24)28-21(31)16-5-7-20(25)18(10-16)23(26,27)22(32)30-14(2)11-29(12-15(30)3)35(4,33)34/h5-10,14-15H,11-12H2,1-4H3,(H,28,31)/t14-,15+. The molecule has 1 heterocycles. The first-order valence-corrected chi connectivity index (χ1v) is 12.5. The average Bonchev–Trinajstić information content (AvgIpc) is 2.75.